The van der Waals surface area contributed by atoms with Gasteiger partial charge in [0.05, 0.1) is 12.8 Å². The standard InChI is InChI=1S/C17H16N2O2/c1-21-13-8-6-12(7-9-13)19-16-11-18-10-15(16)14-4-2-3-5-17(14)20/h2-11,18-20H,1H3. The average molecular weight is 280 g/mol. The highest BCUT2D eigenvalue weighted by Gasteiger charge is 2.10. The van der Waals surface area contributed by atoms with Crippen molar-refractivity contribution in [2.24, 2.45) is 0 Å². The molecular formula is C17H16N2O2. The number of H-pyrrole nitrogens is 1. The van der Waals surface area contributed by atoms with E-state index in [1.807, 2.05) is 54.9 Å². The molecule has 3 rings (SSSR count). The van der Waals surface area contributed by atoms with E-state index in [1.54, 1.807) is 13.2 Å². The van der Waals surface area contributed by atoms with Crippen LogP contribution in [0.3, 0.4) is 0 Å². The summed E-state index contributed by atoms with van der Waals surface area (Å²) in [6, 6.07) is 15.0. The number of phenols is 1. The molecule has 0 aliphatic heterocycles. The number of hydrogen-bond acceptors (Lipinski definition) is 3. The molecule has 0 saturated carbocycles. The maximum absolute atomic E-state index is 9.98. The van der Waals surface area contributed by atoms with E-state index < -0.39 is 0 Å². The number of ether oxygens (including phenoxy) is 1. The monoisotopic (exact) mass is 280 g/mol. The largest absolute Gasteiger partial charge is 0.507 e. The summed E-state index contributed by atoms with van der Waals surface area (Å²) >= 11 is 0. The fourth-order valence-corrected chi connectivity index (χ4v) is 2.22. The summed E-state index contributed by atoms with van der Waals surface area (Å²) in [6.45, 7) is 0. The second-order valence-corrected chi connectivity index (χ2v) is 4.65. The van der Waals surface area contributed by atoms with Crippen molar-refractivity contribution in [2.45, 2.75) is 0 Å². The second kappa shape index (κ2) is 5.63. The molecule has 0 saturated heterocycles. The number of para-hydroxylation sites is 1. The lowest BCUT2D eigenvalue weighted by molar-refractivity contribution is 0.415. The van der Waals surface area contributed by atoms with Crippen molar-refractivity contribution in [1.29, 1.82) is 0 Å². The fraction of sp³-hybridized carbons (Fsp3) is 0.0588. The van der Waals surface area contributed by atoms with Gasteiger partial charge in [0.1, 0.15) is 11.5 Å². The first-order valence-corrected chi connectivity index (χ1v) is 6.64. The molecular weight excluding hydrogens is 264 g/mol. The summed E-state index contributed by atoms with van der Waals surface area (Å²) in [5, 5.41) is 13.3. The van der Waals surface area contributed by atoms with Gasteiger partial charge in [0.25, 0.3) is 0 Å². The Balaban J connectivity index is 1.90. The fourth-order valence-electron chi connectivity index (χ4n) is 2.22. The smallest absolute Gasteiger partial charge is 0.123 e. The number of anilines is 2. The number of phenolic OH excluding ortho intramolecular Hbond substituents is 1. The Labute approximate surface area is 123 Å². The summed E-state index contributed by atoms with van der Waals surface area (Å²) in [5.74, 6) is 1.07. The first-order valence-electron chi connectivity index (χ1n) is 6.64. The minimum Gasteiger partial charge on any atom is -0.507 e. The maximum atomic E-state index is 9.98. The molecule has 0 aliphatic carbocycles. The highest BCUT2D eigenvalue weighted by Crippen LogP contribution is 2.35. The van der Waals surface area contributed by atoms with E-state index in [9.17, 15) is 5.11 Å². The van der Waals surface area contributed by atoms with Crippen molar-refractivity contribution in [3.8, 4) is 22.6 Å². The summed E-state index contributed by atoms with van der Waals surface area (Å²) in [6.07, 6.45) is 3.73. The first-order chi connectivity index (χ1) is 10.3. The molecule has 0 fully saturated rings. The zero-order chi connectivity index (χ0) is 14.7. The van der Waals surface area contributed by atoms with Crippen LogP contribution in [-0.4, -0.2) is 17.2 Å². The number of hydrogen-bond donors (Lipinski definition) is 3. The molecule has 0 spiro atoms. The Morgan fingerprint density at radius 3 is 2.43 bits per heavy atom. The van der Waals surface area contributed by atoms with Crippen LogP contribution in [0.2, 0.25) is 0 Å². The zero-order valence-electron chi connectivity index (χ0n) is 11.6. The van der Waals surface area contributed by atoms with Gasteiger partial charge in [-0.25, -0.2) is 0 Å². The molecule has 21 heavy (non-hydrogen) atoms. The van der Waals surface area contributed by atoms with Gasteiger partial charge in [0, 0.05) is 29.2 Å². The molecule has 0 unspecified atom stereocenters. The predicted molar refractivity (Wildman–Crippen MR) is 84.2 cm³/mol. The van der Waals surface area contributed by atoms with Crippen LogP contribution in [0.4, 0.5) is 11.4 Å². The van der Waals surface area contributed by atoms with Crippen LogP contribution in [0.25, 0.3) is 11.1 Å². The Morgan fingerprint density at radius 2 is 1.71 bits per heavy atom. The van der Waals surface area contributed by atoms with E-state index in [-0.39, 0.29) is 5.75 Å². The number of aromatic nitrogens is 1. The lowest BCUT2D eigenvalue weighted by Gasteiger charge is -2.09. The van der Waals surface area contributed by atoms with Crippen LogP contribution < -0.4 is 10.1 Å². The molecule has 0 atom stereocenters. The van der Waals surface area contributed by atoms with Crippen molar-refractivity contribution in [1.82, 2.24) is 4.98 Å². The average Bonchev–Trinajstić information content (AvgIpc) is 2.96. The van der Waals surface area contributed by atoms with Crippen molar-refractivity contribution < 1.29 is 9.84 Å². The highest BCUT2D eigenvalue weighted by molar-refractivity contribution is 5.83. The minimum atomic E-state index is 0.259. The van der Waals surface area contributed by atoms with Crippen LogP contribution in [0.5, 0.6) is 11.5 Å². The molecule has 3 aromatic rings. The van der Waals surface area contributed by atoms with Crippen LogP contribution in [0, 0.1) is 0 Å². The van der Waals surface area contributed by atoms with E-state index >= 15 is 0 Å². The predicted octanol–water partition coefficient (Wildman–Crippen LogP) is 4.14. The van der Waals surface area contributed by atoms with Gasteiger partial charge in [-0.05, 0) is 30.3 Å². The number of methoxy groups -OCH3 is 1. The Bertz CT molecular complexity index is 733. The minimum absolute atomic E-state index is 0.259. The van der Waals surface area contributed by atoms with Crippen molar-refractivity contribution in [3.63, 3.8) is 0 Å². The van der Waals surface area contributed by atoms with Gasteiger partial charge in [0.2, 0.25) is 0 Å². The van der Waals surface area contributed by atoms with Gasteiger partial charge >= 0.3 is 0 Å². The van der Waals surface area contributed by atoms with Crippen molar-refractivity contribution in [3.05, 3.63) is 60.9 Å². The number of aromatic amines is 1. The third-order valence-electron chi connectivity index (χ3n) is 3.31. The van der Waals surface area contributed by atoms with Gasteiger partial charge < -0.3 is 20.1 Å². The summed E-state index contributed by atoms with van der Waals surface area (Å²) < 4.78 is 5.15. The molecule has 4 heteroatoms. The van der Waals surface area contributed by atoms with Gasteiger partial charge in [-0.2, -0.15) is 0 Å². The molecule has 0 radical (unpaired) electrons. The van der Waals surface area contributed by atoms with Crippen molar-refractivity contribution >= 4 is 11.4 Å². The van der Waals surface area contributed by atoms with Gasteiger partial charge in [-0.3, -0.25) is 0 Å². The number of benzene rings is 2. The van der Waals surface area contributed by atoms with Gasteiger partial charge in [-0.15, -0.1) is 0 Å². The molecule has 1 aromatic heterocycles. The lowest BCUT2D eigenvalue weighted by Crippen LogP contribution is -1.91. The third kappa shape index (κ3) is 2.69. The van der Waals surface area contributed by atoms with Crippen molar-refractivity contribution in [2.75, 3.05) is 12.4 Å². The lowest BCUT2D eigenvalue weighted by atomic mass is 10.1. The van der Waals surface area contributed by atoms with Gasteiger partial charge in [0.15, 0.2) is 0 Å². The third-order valence-corrected chi connectivity index (χ3v) is 3.31. The first kappa shape index (κ1) is 13.1. The molecule has 1 heterocycles. The molecule has 3 N–H and O–H groups in total. The molecule has 0 bridgehead atoms. The molecule has 106 valence electrons. The Morgan fingerprint density at radius 1 is 0.952 bits per heavy atom. The van der Waals surface area contributed by atoms with Crippen LogP contribution >= 0.6 is 0 Å². The number of rotatable bonds is 4. The summed E-state index contributed by atoms with van der Waals surface area (Å²) in [5.41, 5.74) is 3.56. The summed E-state index contributed by atoms with van der Waals surface area (Å²) in [7, 11) is 1.64. The van der Waals surface area contributed by atoms with E-state index in [0.29, 0.717) is 0 Å². The van der Waals surface area contributed by atoms with Crippen LogP contribution in [0.1, 0.15) is 0 Å². The molecule has 2 aromatic carbocycles. The van der Waals surface area contributed by atoms with E-state index in [0.717, 1.165) is 28.3 Å². The van der Waals surface area contributed by atoms with Crippen LogP contribution in [-0.2, 0) is 0 Å². The highest BCUT2D eigenvalue weighted by atomic mass is 16.5. The van der Waals surface area contributed by atoms with Crippen LogP contribution in [0.15, 0.2) is 60.9 Å². The van der Waals surface area contributed by atoms with E-state index in [2.05, 4.69) is 10.3 Å². The zero-order valence-corrected chi connectivity index (χ0v) is 11.6. The van der Waals surface area contributed by atoms with E-state index in [1.165, 1.54) is 0 Å². The normalized spacial score (nSPS) is 10.3. The quantitative estimate of drug-likeness (QED) is 0.673. The number of aromatic hydroxyl groups is 1. The SMILES string of the molecule is COc1ccc(Nc2c[nH]cc2-c2ccccc2O)cc1. The Kier molecular flexibility index (Phi) is 3.51. The molecule has 0 amide bonds. The molecule has 0 aliphatic rings. The topological polar surface area (TPSA) is 57.3 Å². The number of nitrogens with one attached hydrogen (secondary N) is 2. The Hall–Kier alpha value is -2.88. The van der Waals surface area contributed by atoms with Gasteiger partial charge in [-0.1, -0.05) is 18.2 Å². The van der Waals surface area contributed by atoms with E-state index in [4.69, 9.17) is 4.74 Å². The second-order valence-electron chi connectivity index (χ2n) is 4.65. The molecule has 4 nitrogen and oxygen atoms in total. The summed E-state index contributed by atoms with van der Waals surface area (Å²) in [4.78, 5) is 3.07. The maximum Gasteiger partial charge on any atom is 0.123 e.